The largest absolute Gasteiger partial charge is 0.497 e. The molecule has 1 amide bonds. The number of amides is 1. The third kappa shape index (κ3) is 5.29. The van der Waals surface area contributed by atoms with Crippen molar-refractivity contribution in [2.75, 3.05) is 25.5 Å². The number of benzene rings is 1. The molecule has 5 nitrogen and oxygen atoms in total. The van der Waals surface area contributed by atoms with E-state index in [0.717, 1.165) is 36.4 Å². The number of aromatic nitrogens is 1. The van der Waals surface area contributed by atoms with E-state index in [1.165, 1.54) is 0 Å². The molecule has 0 aliphatic rings. The van der Waals surface area contributed by atoms with Crippen molar-refractivity contribution in [1.29, 1.82) is 0 Å². The van der Waals surface area contributed by atoms with Gasteiger partial charge in [-0.25, -0.2) is 4.98 Å². The number of hydrogen-bond donors (Lipinski definition) is 2. The molecule has 0 fully saturated rings. The van der Waals surface area contributed by atoms with E-state index >= 15 is 0 Å². The fourth-order valence-electron chi connectivity index (χ4n) is 2.14. The molecule has 0 spiro atoms. The normalized spacial score (nSPS) is 10.2. The maximum atomic E-state index is 12.1. The van der Waals surface area contributed by atoms with Gasteiger partial charge in [0.2, 0.25) is 0 Å². The van der Waals surface area contributed by atoms with E-state index in [1.807, 2.05) is 30.3 Å². The van der Waals surface area contributed by atoms with Gasteiger partial charge in [0.1, 0.15) is 11.4 Å². The second-order valence-corrected chi connectivity index (χ2v) is 5.22. The van der Waals surface area contributed by atoms with Crippen molar-refractivity contribution in [2.45, 2.75) is 19.8 Å². The van der Waals surface area contributed by atoms with Crippen LogP contribution in [0, 0.1) is 0 Å². The Labute approximate surface area is 137 Å². The molecule has 1 heterocycles. The molecule has 0 aliphatic carbocycles. The zero-order chi connectivity index (χ0) is 16.5. The number of pyridine rings is 1. The Hall–Kier alpha value is -2.56. The molecule has 0 bridgehead atoms. The summed E-state index contributed by atoms with van der Waals surface area (Å²) in [6.07, 6.45) is 3.48. The molecule has 5 heteroatoms. The summed E-state index contributed by atoms with van der Waals surface area (Å²) in [6.45, 7) is 3.56. The Kier molecular flexibility index (Phi) is 6.41. The Morgan fingerprint density at radius 2 is 2.09 bits per heavy atom. The van der Waals surface area contributed by atoms with E-state index in [4.69, 9.17) is 4.74 Å². The predicted octanol–water partition coefficient (Wildman–Crippen LogP) is 2.88. The van der Waals surface area contributed by atoms with Crippen molar-refractivity contribution in [3.63, 3.8) is 0 Å². The highest BCUT2D eigenvalue weighted by atomic mass is 16.5. The number of nitrogens with zero attached hydrogens (tertiary/aromatic N) is 1. The van der Waals surface area contributed by atoms with Gasteiger partial charge in [-0.3, -0.25) is 4.79 Å². The lowest BCUT2D eigenvalue weighted by Gasteiger charge is -2.07. The molecule has 0 atom stereocenters. The highest BCUT2D eigenvalue weighted by Crippen LogP contribution is 2.12. The summed E-state index contributed by atoms with van der Waals surface area (Å²) in [7, 11) is 1.64. The second kappa shape index (κ2) is 8.78. The summed E-state index contributed by atoms with van der Waals surface area (Å²) in [5.41, 5.74) is 2.48. The number of ether oxygens (including phenoxy) is 1. The van der Waals surface area contributed by atoms with Crippen LogP contribution in [-0.4, -0.2) is 31.1 Å². The van der Waals surface area contributed by atoms with Crippen molar-refractivity contribution in [3.05, 3.63) is 53.9 Å². The molecule has 122 valence electrons. The highest BCUT2D eigenvalue weighted by molar-refractivity contribution is 5.92. The molecule has 2 N–H and O–H groups in total. The molecule has 2 aromatic rings. The monoisotopic (exact) mass is 313 g/mol. The van der Waals surface area contributed by atoms with Gasteiger partial charge in [0.25, 0.3) is 5.91 Å². The fourth-order valence-corrected chi connectivity index (χ4v) is 2.14. The molecule has 0 radical (unpaired) electrons. The van der Waals surface area contributed by atoms with Gasteiger partial charge in [-0.2, -0.15) is 0 Å². The smallest absolute Gasteiger partial charge is 0.269 e. The van der Waals surface area contributed by atoms with E-state index < -0.39 is 0 Å². The van der Waals surface area contributed by atoms with Crippen LogP contribution in [0.15, 0.2) is 42.6 Å². The van der Waals surface area contributed by atoms with Gasteiger partial charge in [0.15, 0.2) is 0 Å². The SMILES string of the molecule is CCCNc1ccc(C(=O)NCCc2cccc(OC)c2)nc1. The Bertz CT molecular complexity index is 626. The summed E-state index contributed by atoms with van der Waals surface area (Å²) in [5.74, 6) is 0.667. The van der Waals surface area contributed by atoms with E-state index in [9.17, 15) is 4.79 Å². The number of carbonyl (C=O) groups excluding carboxylic acids is 1. The van der Waals surface area contributed by atoms with Gasteiger partial charge in [0, 0.05) is 13.1 Å². The first-order chi connectivity index (χ1) is 11.2. The first-order valence-electron chi connectivity index (χ1n) is 7.84. The van der Waals surface area contributed by atoms with Crippen molar-refractivity contribution in [2.24, 2.45) is 0 Å². The standard InChI is InChI=1S/C18H23N3O2/c1-3-10-19-15-7-8-17(21-13-15)18(22)20-11-9-14-5-4-6-16(12-14)23-2/h4-8,12-13,19H,3,9-11H2,1-2H3,(H,20,22). The Balaban J connectivity index is 1.82. The first-order valence-corrected chi connectivity index (χ1v) is 7.84. The van der Waals surface area contributed by atoms with Crippen LogP contribution in [0.4, 0.5) is 5.69 Å². The predicted molar refractivity (Wildman–Crippen MR) is 92.0 cm³/mol. The van der Waals surface area contributed by atoms with Crippen LogP contribution in [-0.2, 0) is 6.42 Å². The maximum Gasteiger partial charge on any atom is 0.269 e. The lowest BCUT2D eigenvalue weighted by molar-refractivity contribution is 0.0949. The van der Waals surface area contributed by atoms with Gasteiger partial charge < -0.3 is 15.4 Å². The van der Waals surface area contributed by atoms with E-state index in [0.29, 0.717) is 12.2 Å². The van der Waals surface area contributed by atoms with E-state index in [-0.39, 0.29) is 5.91 Å². The van der Waals surface area contributed by atoms with Crippen LogP contribution in [0.25, 0.3) is 0 Å². The lowest BCUT2D eigenvalue weighted by atomic mass is 10.1. The minimum atomic E-state index is -0.157. The lowest BCUT2D eigenvalue weighted by Crippen LogP contribution is -2.26. The molecule has 2 rings (SSSR count). The molecule has 1 aromatic carbocycles. The van der Waals surface area contributed by atoms with Crippen molar-refractivity contribution in [1.82, 2.24) is 10.3 Å². The quantitative estimate of drug-likeness (QED) is 0.786. The first kappa shape index (κ1) is 16.8. The molecule has 23 heavy (non-hydrogen) atoms. The number of rotatable bonds is 8. The summed E-state index contributed by atoms with van der Waals surface area (Å²) >= 11 is 0. The average Bonchev–Trinajstić information content (AvgIpc) is 2.60. The van der Waals surface area contributed by atoms with Crippen molar-refractivity contribution in [3.8, 4) is 5.75 Å². The van der Waals surface area contributed by atoms with Crippen molar-refractivity contribution < 1.29 is 9.53 Å². The number of hydrogen-bond acceptors (Lipinski definition) is 4. The molecular weight excluding hydrogens is 290 g/mol. The average molecular weight is 313 g/mol. The Morgan fingerprint density at radius 3 is 2.78 bits per heavy atom. The maximum absolute atomic E-state index is 12.1. The number of nitrogens with one attached hydrogen (secondary N) is 2. The van der Waals surface area contributed by atoms with Crippen LogP contribution < -0.4 is 15.4 Å². The van der Waals surface area contributed by atoms with Crippen LogP contribution >= 0.6 is 0 Å². The molecule has 0 unspecified atom stereocenters. The van der Waals surface area contributed by atoms with E-state index in [2.05, 4.69) is 22.5 Å². The van der Waals surface area contributed by atoms with Crippen molar-refractivity contribution >= 4 is 11.6 Å². The minimum absolute atomic E-state index is 0.157. The molecular formula is C18H23N3O2. The minimum Gasteiger partial charge on any atom is -0.497 e. The van der Waals surface area contributed by atoms with Gasteiger partial charge in [-0.15, -0.1) is 0 Å². The zero-order valence-electron chi connectivity index (χ0n) is 13.6. The van der Waals surface area contributed by atoms with Crippen LogP contribution in [0.5, 0.6) is 5.75 Å². The molecule has 0 saturated heterocycles. The second-order valence-electron chi connectivity index (χ2n) is 5.22. The van der Waals surface area contributed by atoms with E-state index in [1.54, 1.807) is 19.4 Å². The third-order valence-corrected chi connectivity index (χ3v) is 3.41. The summed E-state index contributed by atoms with van der Waals surface area (Å²) in [6, 6.07) is 11.4. The zero-order valence-corrected chi connectivity index (χ0v) is 13.6. The van der Waals surface area contributed by atoms with Gasteiger partial charge in [0.05, 0.1) is 19.0 Å². The highest BCUT2D eigenvalue weighted by Gasteiger charge is 2.06. The van der Waals surface area contributed by atoms with Gasteiger partial charge in [-0.05, 0) is 42.7 Å². The van der Waals surface area contributed by atoms with Gasteiger partial charge >= 0.3 is 0 Å². The molecule has 0 aliphatic heterocycles. The number of anilines is 1. The molecule has 1 aromatic heterocycles. The summed E-state index contributed by atoms with van der Waals surface area (Å²) in [4.78, 5) is 16.3. The number of methoxy groups -OCH3 is 1. The van der Waals surface area contributed by atoms with Crippen LogP contribution in [0.2, 0.25) is 0 Å². The fraction of sp³-hybridized carbons (Fsp3) is 0.333. The topological polar surface area (TPSA) is 63.2 Å². The molecule has 0 saturated carbocycles. The summed E-state index contributed by atoms with van der Waals surface area (Å²) in [5, 5.41) is 6.11. The number of carbonyl (C=O) groups is 1. The Morgan fingerprint density at radius 1 is 1.22 bits per heavy atom. The third-order valence-electron chi connectivity index (χ3n) is 3.41. The summed E-state index contributed by atoms with van der Waals surface area (Å²) < 4.78 is 5.19. The van der Waals surface area contributed by atoms with Gasteiger partial charge in [-0.1, -0.05) is 19.1 Å². The van der Waals surface area contributed by atoms with Crippen LogP contribution in [0.1, 0.15) is 29.4 Å². The van der Waals surface area contributed by atoms with Crippen LogP contribution in [0.3, 0.4) is 0 Å².